The maximum Gasteiger partial charge on any atom is 0.306 e. The van der Waals surface area contributed by atoms with Crippen LogP contribution in [0.3, 0.4) is 0 Å². The van der Waals surface area contributed by atoms with Crippen molar-refractivity contribution in [1.82, 2.24) is 0 Å². The molecule has 0 N–H and O–H groups in total. The van der Waals surface area contributed by atoms with E-state index in [1.807, 2.05) is 0 Å². The third-order valence-corrected chi connectivity index (χ3v) is 10.6. The molecule has 0 unspecified atom stereocenters. The molecule has 332 valence electrons. The van der Waals surface area contributed by atoms with Gasteiger partial charge in [0.1, 0.15) is 13.2 Å². The van der Waals surface area contributed by atoms with E-state index in [1.54, 1.807) is 0 Å². The van der Waals surface area contributed by atoms with Crippen LogP contribution in [0, 0.1) is 0 Å². The second kappa shape index (κ2) is 46.3. The SMILES string of the molecule is CCCC/C=C\C/C=C\CCCCCCCC(=O)O[C@@H](COC(=O)CCCCCCC/C=C\CCCCCCCC)COC(=O)CCCCCCCCCCCC. The molecule has 57 heavy (non-hydrogen) atoms. The summed E-state index contributed by atoms with van der Waals surface area (Å²) >= 11 is 0. The van der Waals surface area contributed by atoms with E-state index in [0.717, 1.165) is 89.9 Å². The Hall–Kier alpha value is -2.37. The monoisotopic (exact) mass is 801 g/mol. The van der Waals surface area contributed by atoms with Crippen molar-refractivity contribution in [2.75, 3.05) is 13.2 Å². The maximum atomic E-state index is 12.7. The second-order valence-corrected chi connectivity index (χ2v) is 16.4. The Labute approximate surface area is 353 Å². The first-order valence-corrected chi connectivity index (χ1v) is 24.5. The fourth-order valence-electron chi connectivity index (χ4n) is 6.86. The van der Waals surface area contributed by atoms with Crippen molar-refractivity contribution >= 4 is 17.9 Å². The van der Waals surface area contributed by atoms with Gasteiger partial charge >= 0.3 is 17.9 Å². The van der Waals surface area contributed by atoms with Gasteiger partial charge in [0.15, 0.2) is 6.10 Å². The van der Waals surface area contributed by atoms with Crippen LogP contribution in [0.1, 0.15) is 252 Å². The number of hydrogen-bond donors (Lipinski definition) is 0. The Morgan fingerprint density at radius 1 is 0.351 bits per heavy atom. The van der Waals surface area contributed by atoms with Gasteiger partial charge in [-0.2, -0.15) is 0 Å². The van der Waals surface area contributed by atoms with E-state index in [4.69, 9.17) is 14.2 Å². The second-order valence-electron chi connectivity index (χ2n) is 16.4. The van der Waals surface area contributed by atoms with Gasteiger partial charge in [0.2, 0.25) is 0 Å². The molecular formula is C51H92O6. The van der Waals surface area contributed by atoms with Gasteiger partial charge in [-0.25, -0.2) is 0 Å². The first-order chi connectivity index (χ1) is 28.0. The first-order valence-electron chi connectivity index (χ1n) is 24.5. The van der Waals surface area contributed by atoms with Crippen molar-refractivity contribution in [3.63, 3.8) is 0 Å². The summed E-state index contributed by atoms with van der Waals surface area (Å²) in [4.78, 5) is 37.8. The topological polar surface area (TPSA) is 78.9 Å². The molecule has 1 atom stereocenters. The smallest absolute Gasteiger partial charge is 0.306 e. The zero-order valence-electron chi connectivity index (χ0n) is 37.9. The lowest BCUT2D eigenvalue weighted by atomic mass is 10.1. The van der Waals surface area contributed by atoms with Crippen LogP contribution >= 0.6 is 0 Å². The largest absolute Gasteiger partial charge is 0.462 e. The number of hydrogen-bond acceptors (Lipinski definition) is 6. The van der Waals surface area contributed by atoms with Crippen molar-refractivity contribution in [1.29, 1.82) is 0 Å². The molecule has 0 bridgehead atoms. The Morgan fingerprint density at radius 3 is 1.04 bits per heavy atom. The Kier molecular flexibility index (Phi) is 44.4. The minimum absolute atomic E-state index is 0.0783. The van der Waals surface area contributed by atoms with Gasteiger partial charge in [-0.3, -0.25) is 14.4 Å². The van der Waals surface area contributed by atoms with Crippen molar-refractivity contribution in [2.24, 2.45) is 0 Å². The third kappa shape index (κ3) is 44.6. The summed E-state index contributed by atoms with van der Waals surface area (Å²) in [6, 6.07) is 0. The average Bonchev–Trinajstić information content (AvgIpc) is 3.21. The zero-order chi connectivity index (χ0) is 41.5. The van der Waals surface area contributed by atoms with Gasteiger partial charge in [0.05, 0.1) is 0 Å². The summed E-state index contributed by atoms with van der Waals surface area (Å²) in [6.45, 7) is 6.57. The fourth-order valence-corrected chi connectivity index (χ4v) is 6.86. The predicted molar refractivity (Wildman–Crippen MR) is 242 cm³/mol. The lowest BCUT2D eigenvalue weighted by molar-refractivity contribution is -0.167. The van der Waals surface area contributed by atoms with Crippen molar-refractivity contribution in [3.05, 3.63) is 36.5 Å². The molecule has 0 heterocycles. The third-order valence-electron chi connectivity index (χ3n) is 10.6. The molecule has 0 amide bonds. The molecule has 0 rings (SSSR count). The van der Waals surface area contributed by atoms with E-state index >= 15 is 0 Å². The fraction of sp³-hybridized carbons (Fsp3) is 0.824. The molecule has 6 heteroatoms. The Morgan fingerprint density at radius 2 is 0.649 bits per heavy atom. The number of carbonyl (C=O) groups is 3. The van der Waals surface area contributed by atoms with E-state index in [9.17, 15) is 14.4 Å². The zero-order valence-corrected chi connectivity index (χ0v) is 37.9. The summed E-state index contributed by atoms with van der Waals surface area (Å²) in [7, 11) is 0. The van der Waals surface area contributed by atoms with Gasteiger partial charge in [-0.15, -0.1) is 0 Å². The van der Waals surface area contributed by atoms with Gasteiger partial charge in [-0.05, 0) is 70.6 Å². The Bertz CT molecular complexity index is 969. The molecule has 0 aliphatic carbocycles. The van der Waals surface area contributed by atoms with E-state index < -0.39 is 6.10 Å². The molecular weight excluding hydrogens is 709 g/mol. The van der Waals surface area contributed by atoms with E-state index in [2.05, 4.69) is 57.2 Å². The maximum absolute atomic E-state index is 12.7. The molecule has 0 radical (unpaired) electrons. The molecule has 0 fully saturated rings. The highest BCUT2D eigenvalue weighted by Gasteiger charge is 2.19. The van der Waals surface area contributed by atoms with E-state index in [-0.39, 0.29) is 31.1 Å². The molecule has 0 saturated heterocycles. The highest BCUT2D eigenvalue weighted by Crippen LogP contribution is 2.14. The summed E-state index contributed by atoms with van der Waals surface area (Å²) in [5.74, 6) is -0.897. The predicted octanol–water partition coefficient (Wildman–Crippen LogP) is 15.8. The van der Waals surface area contributed by atoms with Gasteiger partial charge < -0.3 is 14.2 Å². The standard InChI is InChI=1S/C51H92O6/c1-4-7-10-13-16-19-22-24-26-28-29-32-35-38-41-44-50(53)56-47-48(46-55-49(52)43-40-37-34-31-21-18-15-12-9-6-3)57-51(54)45-42-39-36-33-30-27-25-23-20-17-14-11-8-5-2/h14,17,23-26,48H,4-13,15-16,18-22,27-47H2,1-3H3/b17-14-,25-23-,26-24-/t48-/m1/s1. The molecule has 0 aromatic rings. The summed E-state index contributed by atoms with van der Waals surface area (Å²) in [5.41, 5.74) is 0. The van der Waals surface area contributed by atoms with Crippen LogP contribution in [0.15, 0.2) is 36.5 Å². The minimum atomic E-state index is -0.777. The van der Waals surface area contributed by atoms with Crippen molar-refractivity contribution in [2.45, 2.75) is 258 Å². The molecule has 0 aliphatic rings. The normalized spacial score (nSPS) is 12.3. The molecule has 0 saturated carbocycles. The number of allylic oxidation sites excluding steroid dienone is 6. The lowest BCUT2D eigenvalue weighted by Crippen LogP contribution is -2.30. The highest BCUT2D eigenvalue weighted by atomic mass is 16.6. The summed E-state index contributed by atoms with van der Waals surface area (Å²) in [6.07, 6.45) is 52.6. The lowest BCUT2D eigenvalue weighted by Gasteiger charge is -2.18. The number of rotatable bonds is 44. The average molecular weight is 801 g/mol. The van der Waals surface area contributed by atoms with Crippen LogP contribution in [-0.2, 0) is 28.6 Å². The van der Waals surface area contributed by atoms with Crippen LogP contribution in [0.4, 0.5) is 0 Å². The van der Waals surface area contributed by atoms with Crippen LogP contribution in [0.5, 0.6) is 0 Å². The number of ether oxygens (including phenoxy) is 3. The quantitative estimate of drug-likeness (QED) is 0.0264. The van der Waals surface area contributed by atoms with Crippen LogP contribution in [-0.4, -0.2) is 37.2 Å². The van der Waals surface area contributed by atoms with Crippen molar-refractivity contribution < 1.29 is 28.6 Å². The summed E-state index contributed by atoms with van der Waals surface area (Å²) < 4.78 is 16.7. The van der Waals surface area contributed by atoms with E-state index in [0.29, 0.717) is 19.3 Å². The van der Waals surface area contributed by atoms with E-state index in [1.165, 1.54) is 122 Å². The minimum Gasteiger partial charge on any atom is -0.462 e. The van der Waals surface area contributed by atoms with Crippen molar-refractivity contribution in [3.8, 4) is 0 Å². The molecule has 0 aromatic heterocycles. The Balaban J connectivity index is 4.38. The molecule has 6 nitrogen and oxygen atoms in total. The molecule has 0 aromatic carbocycles. The van der Waals surface area contributed by atoms with Crippen LogP contribution < -0.4 is 0 Å². The van der Waals surface area contributed by atoms with Crippen LogP contribution in [0.25, 0.3) is 0 Å². The number of unbranched alkanes of at least 4 members (excludes halogenated alkanes) is 27. The summed E-state index contributed by atoms with van der Waals surface area (Å²) in [5, 5.41) is 0. The van der Waals surface area contributed by atoms with Gasteiger partial charge in [-0.1, -0.05) is 198 Å². The van der Waals surface area contributed by atoms with Gasteiger partial charge in [0, 0.05) is 19.3 Å². The first kappa shape index (κ1) is 54.6. The molecule has 0 spiro atoms. The van der Waals surface area contributed by atoms with Gasteiger partial charge in [0.25, 0.3) is 0 Å². The highest BCUT2D eigenvalue weighted by molar-refractivity contribution is 5.71. The number of carbonyl (C=O) groups excluding carboxylic acids is 3. The molecule has 0 aliphatic heterocycles. The van der Waals surface area contributed by atoms with Crippen LogP contribution in [0.2, 0.25) is 0 Å². The number of esters is 3.